The van der Waals surface area contributed by atoms with Crippen LogP contribution in [0, 0.1) is 11.8 Å². The number of rotatable bonds is 2. The first-order chi connectivity index (χ1) is 10.5. The van der Waals surface area contributed by atoms with E-state index in [2.05, 4.69) is 10.1 Å². The second kappa shape index (κ2) is 4.98. The monoisotopic (exact) mass is 310 g/mol. The molecule has 1 aromatic carbocycles. The summed E-state index contributed by atoms with van der Waals surface area (Å²) in [5, 5.41) is 4.75. The highest BCUT2D eigenvalue weighted by Gasteiger charge is 2.35. The molecule has 4 heterocycles. The molecular weight excluding hydrogens is 293 g/mol. The molecule has 0 amide bonds. The van der Waals surface area contributed by atoms with Crippen LogP contribution >= 0.6 is 0 Å². The largest absolute Gasteiger partial charge is 0.416 e. The maximum atomic E-state index is 12.7. The number of aromatic nitrogens is 1. The highest BCUT2D eigenvalue weighted by molar-refractivity contribution is 5.80. The van der Waals surface area contributed by atoms with Crippen LogP contribution in [0.25, 0.3) is 11.0 Å². The van der Waals surface area contributed by atoms with Crippen LogP contribution in [0.15, 0.2) is 22.7 Å². The van der Waals surface area contributed by atoms with Crippen molar-refractivity contribution in [2.24, 2.45) is 11.8 Å². The fourth-order valence-electron chi connectivity index (χ4n) is 3.88. The third kappa shape index (κ3) is 2.39. The fraction of sp³-hybridized carbons (Fsp3) is 0.562. The van der Waals surface area contributed by atoms with Gasteiger partial charge in [0.1, 0.15) is 0 Å². The molecule has 2 aromatic rings. The maximum Gasteiger partial charge on any atom is 0.416 e. The molecule has 0 aliphatic carbocycles. The van der Waals surface area contributed by atoms with Gasteiger partial charge < -0.3 is 9.42 Å². The Morgan fingerprint density at radius 3 is 2.64 bits per heavy atom. The molecule has 3 nitrogen and oxygen atoms in total. The molecular formula is C16H17F3N2O. The van der Waals surface area contributed by atoms with Gasteiger partial charge in [0.2, 0.25) is 0 Å². The molecule has 3 aliphatic rings. The molecule has 3 fully saturated rings. The second-order valence-electron chi connectivity index (χ2n) is 6.44. The van der Waals surface area contributed by atoms with Gasteiger partial charge in [0.25, 0.3) is 0 Å². The van der Waals surface area contributed by atoms with Gasteiger partial charge in [-0.05, 0) is 62.4 Å². The average molecular weight is 310 g/mol. The third-order valence-corrected chi connectivity index (χ3v) is 5.12. The third-order valence-electron chi connectivity index (χ3n) is 5.12. The van der Waals surface area contributed by atoms with Crippen LogP contribution in [0.4, 0.5) is 13.2 Å². The topological polar surface area (TPSA) is 29.3 Å². The average Bonchev–Trinajstić information content (AvgIpc) is 2.90. The van der Waals surface area contributed by atoms with Crippen molar-refractivity contribution in [1.29, 1.82) is 0 Å². The predicted molar refractivity (Wildman–Crippen MR) is 75.4 cm³/mol. The van der Waals surface area contributed by atoms with Crippen LogP contribution in [0.2, 0.25) is 0 Å². The lowest BCUT2D eigenvalue weighted by Gasteiger charge is -2.44. The smallest absolute Gasteiger partial charge is 0.356 e. The van der Waals surface area contributed by atoms with E-state index >= 15 is 0 Å². The summed E-state index contributed by atoms with van der Waals surface area (Å²) in [5.41, 5.74) is 0.333. The van der Waals surface area contributed by atoms with E-state index in [0.29, 0.717) is 17.2 Å². The number of halogens is 3. The molecule has 2 bridgehead atoms. The lowest BCUT2D eigenvalue weighted by atomic mass is 9.77. The summed E-state index contributed by atoms with van der Waals surface area (Å²) in [6.45, 7) is 3.42. The molecule has 0 N–H and O–H groups in total. The Hall–Kier alpha value is -1.56. The van der Waals surface area contributed by atoms with Crippen LogP contribution in [-0.2, 0) is 12.6 Å². The van der Waals surface area contributed by atoms with Gasteiger partial charge >= 0.3 is 6.18 Å². The first-order valence-corrected chi connectivity index (χ1v) is 7.68. The quantitative estimate of drug-likeness (QED) is 0.846. The van der Waals surface area contributed by atoms with E-state index in [1.807, 2.05) is 0 Å². The molecule has 22 heavy (non-hydrogen) atoms. The summed E-state index contributed by atoms with van der Waals surface area (Å²) >= 11 is 0. The van der Waals surface area contributed by atoms with Gasteiger partial charge in [-0.15, -0.1) is 0 Å². The minimum Gasteiger partial charge on any atom is -0.356 e. The van der Waals surface area contributed by atoms with E-state index in [-0.39, 0.29) is 5.58 Å². The van der Waals surface area contributed by atoms with Crippen LogP contribution < -0.4 is 0 Å². The zero-order valence-corrected chi connectivity index (χ0v) is 12.1. The number of hydrogen-bond donors (Lipinski definition) is 0. The minimum absolute atomic E-state index is 0.228. The Kier molecular flexibility index (Phi) is 3.18. The van der Waals surface area contributed by atoms with Crippen molar-refractivity contribution in [3.05, 3.63) is 29.5 Å². The summed E-state index contributed by atoms with van der Waals surface area (Å²) in [6.07, 6.45) is -1.12. The summed E-state index contributed by atoms with van der Waals surface area (Å²) in [6, 6.07) is 3.65. The molecule has 118 valence electrons. The van der Waals surface area contributed by atoms with Gasteiger partial charge in [0, 0.05) is 11.9 Å². The second-order valence-corrected chi connectivity index (χ2v) is 6.44. The van der Waals surface area contributed by atoms with Crippen molar-refractivity contribution in [2.75, 3.05) is 19.6 Å². The minimum atomic E-state index is -4.35. The van der Waals surface area contributed by atoms with E-state index in [1.54, 1.807) is 0 Å². The van der Waals surface area contributed by atoms with E-state index in [9.17, 15) is 13.2 Å². The lowest BCUT2D eigenvalue weighted by Crippen LogP contribution is -2.48. The van der Waals surface area contributed by atoms with Crippen molar-refractivity contribution in [3.63, 3.8) is 0 Å². The van der Waals surface area contributed by atoms with E-state index in [4.69, 9.17) is 4.52 Å². The summed E-state index contributed by atoms with van der Waals surface area (Å²) in [5.74, 6) is 1.25. The molecule has 5 rings (SSSR count). The zero-order valence-electron chi connectivity index (χ0n) is 12.1. The number of hydrogen-bond acceptors (Lipinski definition) is 3. The van der Waals surface area contributed by atoms with Gasteiger partial charge in [-0.1, -0.05) is 5.16 Å². The van der Waals surface area contributed by atoms with Gasteiger partial charge in [0.15, 0.2) is 5.58 Å². The number of benzene rings is 1. The van der Waals surface area contributed by atoms with E-state index < -0.39 is 11.7 Å². The standard InChI is InChI=1S/C16H17F3N2O/c17-16(18,19)12-1-2-13-14(20-22-15(13)8-12)7-11-9-21-5-3-10(11)4-6-21/h1-2,8,10-11H,3-7,9H2. The van der Waals surface area contributed by atoms with Gasteiger partial charge in [0.05, 0.1) is 11.3 Å². The maximum absolute atomic E-state index is 12.7. The molecule has 0 saturated carbocycles. The zero-order chi connectivity index (χ0) is 15.3. The molecule has 1 aromatic heterocycles. The Bertz CT molecular complexity index is 686. The molecule has 1 unspecified atom stereocenters. The molecule has 6 heteroatoms. The summed E-state index contributed by atoms with van der Waals surface area (Å²) in [4.78, 5) is 2.47. The fourth-order valence-corrected chi connectivity index (χ4v) is 3.88. The van der Waals surface area contributed by atoms with Gasteiger partial charge in [-0.25, -0.2) is 0 Å². The first kappa shape index (κ1) is 14.1. The summed E-state index contributed by atoms with van der Waals surface area (Å²) in [7, 11) is 0. The Morgan fingerprint density at radius 2 is 2.00 bits per heavy atom. The SMILES string of the molecule is FC(F)(F)c1ccc2c(CC3CN4CCC3CC4)noc2c1. The van der Waals surface area contributed by atoms with E-state index in [1.165, 1.54) is 32.0 Å². The molecule has 3 saturated heterocycles. The van der Waals surface area contributed by atoms with Gasteiger partial charge in [-0.3, -0.25) is 0 Å². The first-order valence-electron chi connectivity index (χ1n) is 7.68. The predicted octanol–water partition coefficient (Wildman–Crippen LogP) is 3.73. The van der Waals surface area contributed by atoms with Gasteiger partial charge in [-0.2, -0.15) is 13.2 Å². The number of fused-ring (bicyclic) bond motifs is 4. The molecule has 3 aliphatic heterocycles. The van der Waals surface area contributed by atoms with Crippen molar-refractivity contribution >= 4 is 11.0 Å². The Morgan fingerprint density at radius 1 is 1.23 bits per heavy atom. The number of nitrogens with zero attached hydrogens (tertiary/aromatic N) is 2. The molecule has 0 radical (unpaired) electrons. The van der Waals surface area contributed by atoms with Crippen LogP contribution in [-0.4, -0.2) is 29.7 Å². The van der Waals surface area contributed by atoms with Crippen LogP contribution in [0.3, 0.4) is 0 Å². The normalized spacial score (nSPS) is 28.4. The van der Waals surface area contributed by atoms with Crippen molar-refractivity contribution in [2.45, 2.75) is 25.4 Å². The summed E-state index contributed by atoms with van der Waals surface area (Å²) < 4.78 is 43.3. The number of piperidine rings is 3. The highest BCUT2D eigenvalue weighted by Crippen LogP contribution is 2.36. The van der Waals surface area contributed by atoms with Crippen molar-refractivity contribution in [1.82, 2.24) is 10.1 Å². The Labute approximate surface area is 126 Å². The van der Waals surface area contributed by atoms with Crippen LogP contribution in [0.5, 0.6) is 0 Å². The van der Waals surface area contributed by atoms with Crippen molar-refractivity contribution in [3.8, 4) is 0 Å². The highest BCUT2D eigenvalue weighted by atomic mass is 19.4. The molecule has 0 spiro atoms. The Balaban J connectivity index is 1.60. The lowest BCUT2D eigenvalue weighted by molar-refractivity contribution is -0.137. The molecule has 1 atom stereocenters. The van der Waals surface area contributed by atoms with Crippen molar-refractivity contribution < 1.29 is 17.7 Å². The van der Waals surface area contributed by atoms with E-state index in [0.717, 1.165) is 30.8 Å². The van der Waals surface area contributed by atoms with Crippen LogP contribution in [0.1, 0.15) is 24.1 Å². The number of alkyl halides is 3.